The third-order valence-electron chi connectivity index (χ3n) is 4.90. The summed E-state index contributed by atoms with van der Waals surface area (Å²) in [7, 11) is 0. The van der Waals surface area contributed by atoms with Crippen LogP contribution in [0.2, 0.25) is 0 Å². The molecule has 0 bridgehead atoms. The van der Waals surface area contributed by atoms with Gasteiger partial charge in [-0.25, -0.2) is 4.79 Å². The van der Waals surface area contributed by atoms with Crippen molar-refractivity contribution in [1.82, 2.24) is 20.1 Å². The largest absolute Gasteiger partial charge is 0.465 e. The summed E-state index contributed by atoms with van der Waals surface area (Å²) < 4.78 is 0. The average Bonchev–Trinajstić information content (AvgIpc) is 3.53. The van der Waals surface area contributed by atoms with Gasteiger partial charge in [-0.1, -0.05) is 13.8 Å². The Morgan fingerprint density at radius 2 is 2.07 bits per heavy atom. The van der Waals surface area contributed by atoms with Gasteiger partial charge in [0.2, 0.25) is 5.91 Å². The van der Waals surface area contributed by atoms with Crippen LogP contribution >= 0.6 is 0 Å². The van der Waals surface area contributed by atoms with E-state index < -0.39 is 6.09 Å². The summed E-state index contributed by atoms with van der Waals surface area (Å²) in [4.78, 5) is 35.8. The fourth-order valence-electron chi connectivity index (χ4n) is 2.92. The number of aromatic nitrogens is 1. The van der Waals surface area contributed by atoms with Crippen molar-refractivity contribution in [1.29, 1.82) is 0 Å². The molecule has 1 aromatic rings. The molecule has 1 saturated carbocycles. The second-order valence-corrected chi connectivity index (χ2v) is 7.31. The zero-order chi connectivity index (χ0) is 21.1. The van der Waals surface area contributed by atoms with Gasteiger partial charge in [0.1, 0.15) is 6.54 Å². The maximum atomic E-state index is 12.1. The maximum Gasteiger partial charge on any atom is 0.408 e. The van der Waals surface area contributed by atoms with Gasteiger partial charge in [-0.05, 0) is 63.0 Å². The summed E-state index contributed by atoms with van der Waals surface area (Å²) in [6.45, 7) is 7.75. The number of hydrogen-bond donors (Lipinski definition) is 2. The van der Waals surface area contributed by atoms with Crippen molar-refractivity contribution in [3.05, 3.63) is 29.6 Å². The van der Waals surface area contributed by atoms with Crippen LogP contribution in [0.1, 0.15) is 50.8 Å². The molecule has 29 heavy (non-hydrogen) atoms. The minimum atomic E-state index is -1.14. The fourth-order valence-corrected chi connectivity index (χ4v) is 2.92. The second kappa shape index (κ2) is 12.2. The number of unbranched alkanes of at least 4 members (excludes halogenated alkanes) is 1. The quantitative estimate of drug-likeness (QED) is 0.389. The van der Waals surface area contributed by atoms with Gasteiger partial charge in [0.15, 0.2) is 0 Å². The molecule has 2 N–H and O–H groups in total. The number of carboxylic acid groups (broad SMARTS) is 1. The van der Waals surface area contributed by atoms with E-state index in [1.807, 2.05) is 12.1 Å². The highest BCUT2D eigenvalue weighted by Gasteiger charge is 2.19. The van der Waals surface area contributed by atoms with Crippen molar-refractivity contribution in [3.63, 3.8) is 0 Å². The Bertz CT molecular complexity index is 687. The molecule has 0 saturated heterocycles. The number of carbonyl (C=O) groups excluding carboxylic acids is 1. The number of carbonyl (C=O) groups is 2. The lowest BCUT2D eigenvalue weighted by Crippen LogP contribution is -2.40. The van der Waals surface area contributed by atoms with Gasteiger partial charge in [-0.15, -0.1) is 0 Å². The molecule has 0 spiro atoms. The fraction of sp³-hybridized carbons (Fsp3) is 0.619. The van der Waals surface area contributed by atoms with Crippen molar-refractivity contribution in [3.8, 4) is 0 Å². The van der Waals surface area contributed by atoms with E-state index in [4.69, 9.17) is 0 Å². The van der Waals surface area contributed by atoms with Crippen molar-refractivity contribution in [2.24, 2.45) is 4.99 Å². The number of amides is 2. The minimum Gasteiger partial charge on any atom is -0.465 e. The van der Waals surface area contributed by atoms with Gasteiger partial charge < -0.3 is 15.3 Å². The summed E-state index contributed by atoms with van der Waals surface area (Å²) in [6.07, 6.45) is 6.44. The van der Waals surface area contributed by atoms with Crippen LogP contribution in [-0.4, -0.2) is 76.9 Å². The Labute approximate surface area is 173 Å². The van der Waals surface area contributed by atoms with Gasteiger partial charge in [0, 0.05) is 19.0 Å². The molecule has 2 rings (SSSR count). The Balaban J connectivity index is 1.76. The highest BCUT2D eigenvalue weighted by molar-refractivity contribution is 5.82. The molecule has 0 aliphatic heterocycles. The van der Waals surface area contributed by atoms with Crippen LogP contribution in [0.15, 0.2) is 23.3 Å². The normalized spacial score (nSPS) is 13.8. The summed E-state index contributed by atoms with van der Waals surface area (Å²) in [5, 5.41) is 12.3. The number of nitrogens with one attached hydrogen (secondary N) is 1. The molecule has 1 aromatic heterocycles. The topological polar surface area (TPSA) is 98.1 Å². The van der Waals surface area contributed by atoms with Crippen molar-refractivity contribution < 1.29 is 14.7 Å². The molecule has 0 aromatic carbocycles. The molecule has 0 unspecified atom stereocenters. The predicted molar refractivity (Wildman–Crippen MR) is 113 cm³/mol. The maximum absolute atomic E-state index is 12.1. The van der Waals surface area contributed by atoms with E-state index >= 15 is 0 Å². The van der Waals surface area contributed by atoms with Crippen molar-refractivity contribution in [2.75, 3.05) is 32.7 Å². The van der Waals surface area contributed by atoms with Gasteiger partial charge in [-0.2, -0.15) is 0 Å². The van der Waals surface area contributed by atoms with Crippen LogP contribution in [0.3, 0.4) is 0 Å². The van der Waals surface area contributed by atoms with Gasteiger partial charge in [0.05, 0.1) is 18.3 Å². The third kappa shape index (κ3) is 9.04. The SMILES string of the molecule is CCN(CC)CCCCNC(=O)CN(Cc1cc(C=NC2CC2)ccn1)C(=O)O. The highest BCUT2D eigenvalue weighted by atomic mass is 16.4. The summed E-state index contributed by atoms with van der Waals surface area (Å²) >= 11 is 0. The molecule has 160 valence electrons. The first kappa shape index (κ1) is 22.8. The molecular weight excluding hydrogens is 370 g/mol. The van der Waals surface area contributed by atoms with Crippen LogP contribution in [0.5, 0.6) is 0 Å². The molecule has 1 fully saturated rings. The Hall–Kier alpha value is -2.48. The summed E-state index contributed by atoms with van der Waals surface area (Å²) in [6, 6.07) is 4.08. The lowest BCUT2D eigenvalue weighted by molar-refractivity contribution is -0.122. The van der Waals surface area contributed by atoms with E-state index in [0.29, 0.717) is 18.3 Å². The zero-order valence-corrected chi connectivity index (χ0v) is 17.5. The van der Waals surface area contributed by atoms with E-state index in [9.17, 15) is 14.7 Å². The zero-order valence-electron chi connectivity index (χ0n) is 17.5. The molecule has 1 aliphatic carbocycles. The molecule has 1 heterocycles. The van der Waals surface area contributed by atoms with Crippen molar-refractivity contribution in [2.45, 2.75) is 52.1 Å². The monoisotopic (exact) mass is 403 g/mol. The minimum absolute atomic E-state index is 0.0653. The molecule has 8 heteroatoms. The van der Waals surface area contributed by atoms with Gasteiger partial charge in [-0.3, -0.25) is 19.7 Å². The molecule has 2 amide bonds. The Morgan fingerprint density at radius 1 is 1.31 bits per heavy atom. The standard InChI is InChI=1S/C21H33N5O3/c1-3-25(4-2)12-6-5-10-23-20(27)16-26(21(28)29)15-19-13-17(9-11-22-19)14-24-18-7-8-18/h9,11,13-14,18H,3-8,10,12,15-16H2,1-2H3,(H,23,27)(H,28,29). The molecule has 0 atom stereocenters. The van der Waals surface area contributed by atoms with E-state index in [1.54, 1.807) is 12.4 Å². The molecule has 0 radical (unpaired) electrons. The van der Waals surface area contributed by atoms with Crippen LogP contribution in [0.25, 0.3) is 0 Å². The predicted octanol–water partition coefficient (Wildman–Crippen LogP) is 2.38. The number of rotatable bonds is 13. The molecule has 8 nitrogen and oxygen atoms in total. The Kier molecular flexibility index (Phi) is 9.56. The first-order valence-corrected chi connectivity index (χ1v) is 10.5. The van der Waals surface area contributed by atoms with Crippen LogP contribution in [0, 0.1) is 0 Å². The number of nitrogens with zero attached hydrogens (tertiary/aromatic N) is 4. The second-order valence-electron chi connectivity index (χ2n) is 7.31. The summed E-state index contributed by atoms with van der Waals surface area (Å²) in [5.41, 5.74) is 1.49. The number of pyridine rings is 1. The van der Waals surface area contributed by atoms with Crippen molar-refractivity contribution >= 4 is 18.2 Å². The Morgan fingerprint density at radius 3 is 2.72 bits per heavy atom. The van der Waals surface area contributed by atoms with Gasteiger partial charge >= 0.3 is 6.09 Å². The summed E-state index contributed by atoms with van der Waals surface area (Å²) in [5.74, 6) is -0.290. The first-order valence-electron chi connectivity index (χ1n) is 10.5. The van der Waals surface area contributed by atoms with Crippen LogP contribution in [0.4, 0.5) is 4.79 Å². The average molecular weight is 404 g/mol. The number of aliphatic imine (C=N–C) groups is 1. The van der Waals surface area contributed by atoms with Crippen LogP contribution in [-0.2, 0) is 11.3 Å². The third-order valence-corrected chi connectivity index (χ3v) is 4.90. The molecule has 1 aliphatic rings. The van der Waals surface area contributed by atoms with Gasteiger partial charge in [0.25, 0.3) is 0 Å². The van der Waals surface area contributed by atoms with E-state index in [0.717, 1.165) is 55.8 Å². The lowest BCUT2D eigenvalue weighted by Gasteiger charge is -2.19. The van der Waals surface area contributed by atoms with Crippen LogP contribution < -0.4 is 5.32 Å². The first-order chi connectivity index (χ1) is 14.0. The lowest BCUT2D eigenvalue weighted by atomic mass is 10.2. The molecular formula is C21H33N5O3. The van der Waals surface area contributed by atoms with E-state index in [2.05, 4.69) is 34.0 Å². The van der Waals surface area contributed by atoms with E-state index in [-0.39, 0.29) is 19.0 Å². The van der Waals surface area contributed by atoms with E-state index in [1.165, 1.54) is 0 Å². The highest BCUT2D eigenvalue weighted by Crippen LogP contribution is 2.23. The number of hydrogen-bond acceptors (Lipinski definition) is 5. The smallest absolute Gasteiger partial charge is 0.408 e.